The second-order valence-corrected chi connectivity index (χ2v) is 5.68. The Bertz CT molecular complexity index is 787. The van der Waals surface area contributed by atoms with Crippen LogP contribution in [-0.2, 0) is 19.4 Å². The van der Waals surface area contributed by atoms with Gasteiger partial charge in [0.05, 0.1) is 12.2 Å². The summed E-state index contributed by atoms with van der Waals surface area (Å²) in [5, 5.41) is 12.9. The molecule has 0 unspecified atom stereocenters. The van der Waals surface area contributed by atoms with Gasteiger partial charge < -0.3 is 9.63 Å². The fourth-order valence-electron chi connectivity index (χ4n) is 2.55. The van der Waals surface area contributed by atoms with Crippen molar-refractivity contribution in [3.8, 4) is 11.4 Å². The highest BCUT2D eigenvalue weighted by molar-refractivity contribution is 5.55. The molecule has 0 saturated carbocycles. The molecule has 0 spiro atoms. The Morgan fingerprint density at radius 2 is 1.75 bits per heavy atom. The van der Waals surface area contributed by atoms with Gasteiger partial charge in [-0.15, -0.1) is 0 Å². The third kappa shape index (κ3) is 4.06. The van der Waals surface area contributed by atoms with Crippen molar-refractivity contribution in [2.75, 3.05) is 0 Å². The second kappa shape index (κ2) is 7.84. The van der Waals surface area contributed by atoms with E-state index in [-0.39, 0.29) is 18.0 Å². The maximum Gasteiger partial charge on any atom is 0.226 e. The monoisotopic (exact) mass is 326 g/mol. The lowest BCUT2D eigenvalue weighted by Gasteiger charge is -2.00. The average molecular weight is 326 g/mol. The van der Waals surface area contributed by atoms with Crippen molar-refractivity contribution < 1.29 is 14.0 Å². The molecule has 0 saturated heterocycles. The van der Waals surface area contributed by atoms with Crippen LogP contribution in [0.2, 0.25) is 0 Å². The minimum absolute atomic E-state index is 0.198. The van der Waals surface area contributed by atoms with Crippen molar-refractivity contribution in [1.29, 1.82) is 0 Å². The van der Waals surface area contributed by atoms with Gasteiger partial charge in [0.2, 0.25) is 11.7 Å². The quantitative estimate of drug-likeness (QED) is 0.668. The van der Waals surface area contributed by atoms with Gasteiger partial charge in [-0.05, 0) is 42.5 Å². The molecule has 0 aliphatic carbocycles. The summed E-state index contributed by atoms with van der Waals surface area (Å²) in [5.74, 6) is 0.303. The van der Waals surface area contributed by atoms with Gasteiger partial charge in [-0.25, -0.2) is 4.39 Å². The first kappa shape index (κ1) is 16.3. The van der Waals surface area contributed by atoms with E-state index >= 15 is 0 Å². The molecule has 0 fully saturated rings. The van der Waals surface area contributed by atoms with Crippen LogP contribution in [0.3, 0.4) is 0 Å². The maximum atomic E-state index is 14.0. The Labute approximate surface area is 140 Å². The molecule has 124 valence electrons. The summed E-state index contributed by atoms with van der Waals surface area (Å²) in [7, 11) is 0. The molecule has 1 heterocycles. The normalized spacial score (nSPS) is 10.9. The summed E-state index contributed by atoms with van der Waals surface area (Å²) in [6, 6.07) is 14.8. The number of aliphatic hydroxyl groups excluding tert-OH is 1. The molecule has 0 amide bonds. The molecule has 0 aliphatic heterocycles. The number of halogens is 1. The zero-order valence-corrected chi connectivity index (χ0v) is 13.3. The minimum Gasteiger partial charge on any atom is -0.392 e. The Morgan fingerprint density at radius 1 is 0.958 bits per heavy atom. The topological polar surface area (TPSA) is 59.2 Å². The first-order valence-electron chi connectivity index (χ1n) is 8.02. The molecule has 3 rings (SSSR count). The van der Waals surface area contributed by atoms with Gasteiger partial charge >= 0.3 is 0 Å². The molecule has 3 aromatic rings. The minimum atomic E-state index is -0.460. The summed E-state index contributed by atoms with van der Waals surface area (Å²) in [5.41, 5.74) is 2.11. The van der Waals surface area contributed by atoms with Gasteiger partial charge in [0.1, 0.15) is 5.82 Å². The lowest BCUT2D eigenvalue weighted by atomic mass is 10.1. The fourth-order valence-corrected chi connectivity index (χ4v) is 2.55. The average Bonchev–Trinajstić information content (AvgIpc) is 3.08. The van der Waals surface area contributed by atoms with Crippen molar-refractivity contribution in [1.82, 2.24) is 10.1 Å². The van der Waals surface area contributed by atoms with E-state index in [1.165, 1.54) is 11.6 Å². The molecule has 4 nitrogen and oxygen atoms in total. The number of aromatic nitrogens is 2. The van der Waals surface area contributed by atoms with Crippen molar-refractivity contribution in [2.24, 2.45) is 0 Å². The molecule has 5 heteroatoms. The van der Waals surface area contributed by atoms with E-state index in [1.54, 1.807) is 12.1 Å². The predicted molar refractivity (Wildman–Crippen MR) is 88.7 cm³/mol. The summed E-state index contributed by atoms with van der Waals surface area (Å²) in [6.07, 6.45) is 3.65. The number of rotatable bonds is 7. The number of hydrogen-bond acceptors (Lipinski definition) is 4. The summed E-state index contributed by atoms with van der Waals surface area (Å²) in [6.45, 7) is -0.198. The van der Waals surface area contributed by atoms with Crippen LogP contribution in [-0.4, -0.2) is 15.2 Å². The van der Waals surface area contributed by atoms with Crippen LogP contribution in [0.5, 0.6) is 0 Å². The number of benzene rings is 2. The van der Waals surface area contributed by atoms with Crippen molar-refractivity contribution in [3.63, 3.8) is 0 Å². The lowest BCUT2D eigenvalue weighted by Crippen LogP contribution is -1.92. The van der Waals surface area contributed by atoms with Crippen LogP contribution >= 0.6 is 0 Å². The summed E-state index contributed by atoms with van der Waals surface area (Å²) >= 11 is 0. The summed E-state index contributed by atoms with van der Waals surface area (Å²) in [4.78, 5) is 4.26. The molecule has 0 aliphatic rings. The fraction of sp³-hybridized carbons (Fsp3) is 0.263. The van der Waals surface area contributed by atoms with E-state index in [1.807, 2.05) is 18.2 Å². The van der Waals surface area contributed by atoms with E-state index in [9.17, 15) is 4.39 Å². The van der Waals surface area contributed by atoms with Crippen LogP contribution in [0, 0.1) is 5.82 Å². The van der Waals surface area contributed by atoms with Crippen LogP contribution in [0.15, 0.2) is 53.1 Å². The van der Waals surface area contributed by atoms with Crippen LogP contribution in [0.4, 0.5) is 4.39 Å². The van der Waals surface area contributed by atoms with Crippen LogP contribution in [0.1, 0.15) is 29.9 Å². The molecule has 0 atom stereocenters. The Balaban J connectivity index is 1.56. The van der Waals surface area contributed by atoms with Crippen LogP contribution in [0.25, 0.3) is 11.4 Å². The Morgan fingerprint density at radius 3 is 2.50 bits per heavy atom. The highest BCUT2D eigenvalue weighted by Crippen LogP contribution is 2.21. The first-order valence-corrected chi connectivity index (χ1v) is 8.02. The number of aryl methyl sites for hydroxylation is 2. The van der Waals surface area contributed by atoms with E-state index in [0.29, 0.717) is 17.9 Å². The number of unbranched alkanes of at least 4 members (excludes halogenated alkanes) is 1. The lowest BCUT2D eigenvalue weighted by molar-refractivity contribution is 0.281. The van der Waals surface area contributed by atoms with E-state index < -0.39 is 5.82 Å². The number of hydrogen-bond donors (Lipinski definition) is 1. The van der Waals surface area contributed by atoms with Crippen LogP contribution < -0.4 is 0 Å². The molecule has 1 N–H and O–H groups in total. The molecule has 2 aromatic carbocycles. The zero-order chi connectivity index (χ0) is 16.8. The van der Waals surface area contributed by atoms with Crippen molar-refractivity contribution in [3.05, 3.63) is 71.4 Å². The van der Waals surface area contributed by atoms with E-state index in [2.05, 4.69) is 22.3 Å². The molecular formula is C19H19FN2O2. The summed E-state index contributed by atoms with van der Waals surface area (Å²) < 4.78 is 19.2. The molecule has 1 aromatic heterocycles. The predicted octanol–water partition coefficient (Wildman–Crippen LogP) is 3.93. The Kier molecular flexibility index (Phi) is 5.33. The highest BCUT2D eigenvalue weighted by Gasteiger charge is 2.13. The SMILES string of the molecule is OCc1ccc(-c2noc(CCCCc3ccccc3)n2)c(F)c1. The van der Waals surface area contributed by atoms with Gasteiger partial charge in [-0.1, -0.05) is 41.6 Å². The molecular weight excluding hydrogens is 307 g/mol. The zero-order valence-electron chi connectivity index (χ0n) is 13.3. The van der Waals surface area contributed by atoms with Gasteiger partial charge in [-0.3, -0.25) is 0 Å². The first-order chi connectivity index (χ1) is 11.8. The highest BCUT2D eigenvalue weighted by atomic mass is 19.1. The molecule has 0 radical (unpaired) electrons. The van der Waals surface area contributed by atoms with E-state index in [4.69, 9.17) is 9.63 Å². The van der Waals surface area contributed by atoms with Crippen molar-refractivity contribution >= 4 is 0 Å². The standard InChI is InChI=1S/C19H19FN2O2/c20-17-12-15(13-23)10-11-16(17)19-21-18(24-22-19)9-5-4-8-14-6-2-1-3-7-14/h1-3,6-7,10-12,23H,4-5,8-9,13H2. The third-order valence-corrected chi connectivity index (χ3v) is 3.87. The maximum absolute atomic E-state index is 14.0. The molecule has 0 bridgehead atoms. The number of aliphatic hydroxyl groups is 1. The van der Waals surface area contributed by atoms with Gasteiger partial charge in [0, 0.05) is 6.42 Å². The third-order valence-electron chi connectivity index (χ3n) is 3.87. The van der Waals surface area contributed by atoms with Gasteiger partial charge in [-0.2, -0.15) is 4.98 Å². The van der Waals surface area contributed by atoms with Gasteiger partial charge in [0.15, 0.2) is 0 Å². The number of nitrogens with zero attached hydrogens (tertiary/aromatic N) is 2. The largest absolute Gasteiger partial charge is 0.392 e. The van der Waals surface area contributed by atoms with E-state index in [0.717, 1.165) is 19.3 Å². The smallest absolute Gasteiger partial charge is 0.226 e. The van der Waals surface area contributed by atoms with Crippen molar-refractivity contribution in [2.45, 2.75) is 32.3 Å². The van der Waals surface area contributed by atoms with Gasteiger partial charge in [0.25, 0.3) is 0 Å². The second-order valence-electron chi connectivity index (χ2n) is 5.68. The Hall–Kier alpha value is -2.53. The molecule has 24 heavy (non-hydrogen) atoms.